The van der Waals surface area contributed by atoms with Crippen molar-refractivity contribution in [3.8, 4) is 5.75 Å². The van der Waals surface area contributed by atoms with Gasteiger partial charge in [-0.15, -0.1) is 0 Å². The van der Waals surface area contributed by atoms with Crippen molar-refractivity contribution < 1.29 is 30.2 Å². The lowest BCUT2D eigenvalue weighted by atomic mass is 9.99. The predicted octanol–water partition coefficient (Wildman–Crippen LogP) is 3.10. The Labute approximate surface area is 128 Å². The van der Waals surface area contributed by atoms with Gasteiger partial charge in [-0.25, -0.2) is 4.39 Å². The molecule has 0 aromatic heterocycles. The van der Waals surface area contributed by atoms with E-state index in [4.69, 9.17) is 11.1 Å². The zero-order valence-corrected chi connectivity index (χ0v) is 12.3. The van der Waals surface area contributed by atoms with Gasteiger partial charge >= 0.3 is 15.6 Å². The highest BCUT2D eigenvalue weighted by Crippen LogP contribution is 2.39. The van der Waals surface area contributed by atoms with Gasteiger partial charge in [0.15, 0.2) is 5.75 Å². The quantitative estimate of drug-likeness (QED) is 0.292. The van der Waals surface area contributed by atoms with Crippen LogP contribution in [0.15, 0.2) is 18.2 Å². The van der Waals surface area contributed by atoms with Gasteiger partial charge in [-0.2, -0.15) is 21.6 Å². The number of fused-ring (bicyclic) bond motifs is 1. The van der Waals surface area contributed by atoms with E-state index in [1.54, 1.807) is 0 Å². The standard InChI is InChI=1S/C13H10F4N2O3S/c1-6-9(14)3-2-7-4-10(19)8(5-18)12(11(6)7)22-23(20,21)13(15,16)17/h2-5,18H,19H2,1H3. The van der Waals surface area contributed by atoms with E-state index in [1.807, 2.05) is 0 Å². The Hall–Kier alpha value is -2.36. The van der Waals surface area contributed by atoms with Crippen molar-refractivity contribution in [3.63, 3.8) is 0 Å². The largest absolute Gasteiger partial charge is 0.534 e. The maximum absolute atomic E-state index is 13.7. The molecule has 2 aromatic rings. The normalized spacial score (nSPS) is 12.4. The Morgan fingerprint density at radius 3 is 2.43 bits per heavy atom. The first-order valence-corrected chi connectivity index (χ1v) is 7.43. The van der Waals surface area contributed by atoms with Crippen LogP contribution in [0.3, 0.4) is 0 Å². The molecule has 10 heteroatoms. The van der Waals surface area contributed by atoms with Gasteiger partial charge in [0.1, 0.15) is 5.82 Å². The highest BCUT2D eigenvalue weighted by molar-refractivity contribution is 7.88. The first-order chi connectivity index (χ1) is 10.5. The lowest BCUT2D eigenvalue weighted by Gasteiger charge is -2.16. The summed E-state index contributed by atoms with van der Waals surface area (Å²) in [4.78, 5) is 0. The van der Waals surface area contributed by atoms with E-state index in [0.29, 0.717) is 6.21 Å². The monoisotopic (exact) mass is 350 g/mol. The van der Waals surface area contributed by atoms with Crippen LogP contribution in [0.4, 0.5) is 23.2 Å². The van der Waals surface area contributed by atoms with Crippen molar-refractivity contribution in [2.75, 3.05) is 5.73 Å². The maximum atomic E-state index is 13.7. The molecule has 0 aliphatic carbocycles. The number of halogens is 4. The lowest BCUT2D eigenvalue weighted by molar-refractivity contribution is -0.0499. The Morgan fingerprint density at radius 2 is 1.91 bits per heavy atom. The van der Waals surface area contributed by atoms with Gasteiger partial charge in [0.05, 0.1) is 5.56 Å². The Bertz CT molecular complexity index is 908. The number of hydrogen-bond donors (Lipinski definition) is 2. The average molecular weight is 350 g/mol. The van der Waals surface area contributed by atoms with Crippen LogP contribution in [-0.4, -0.2) is 20.1 Å². The Kier molecular flexibility index (Phi) is 3.97. The van der Waals surface area contributed by atoms with Crippen LogP contribution in [0.2, 0.25) is 0 Å². The highest BCUT2D eigenvalue weighted by Gasteiger charge is 2.49. The van der Waals surface area contributed by atoms with Crippen LogP contribution < -0.4 is 9.92 Å². The van der Waals surface area contributed by atoms with Gasteiger partial charge in [-0.1, -0.05) is 6.07 Å². The SMILES string of the molecule is Cc1c(F)ccc2cc(N)c(C=N)c(OS(=O)(=O)C(F)(F)F)c12. The third-order valence-electron chi connectivity index (χ3n) is 3.15. The van der Waals surface area contributed by atoms with E-state index in [1.165, 1.54) is 19.1 Å². The molecule has 3 N–H and O–H groups in total. The molecule has 0 saturated carbocycles. The fraction of sp³-hybridized carbons (Fsp3) is 0.154. The predicted molar refractivity (Wildman–Crippen MR) is 76.5 cm³/mol. The third kappa shape index (κ3) is 2.81. The van der Waals surface area contributed by atoms with Crippen LogP contribution in [0, 0.1) is 18.2 Å². The smallest absolute Gasteiger partial charge is 0.398 e. The molecule has 2 rings (SSSR count). The zero-order chi connectivity index (χ0) is 17.6. The van der Waals surface area contributed by atoms with Crippen LogP contribution in [0.5, 0.6) is 5.75 Å². The molecule has 0 amide bonds. The van der Waals surface area contributed by atoms with Gasteiger partial charge in [-0.05, 0) is 30.0 Å². The van der Waals surface area contributed by atoms with Gasteiger partial charge in [0, 0.05) is 17.3 Å². The topological polar surface area (TPSA) is 93.2 Å². The molecule has 0 fully saturated rings. The molecule has 0 radical (unpaired) electrons. The highest BCUT2D eigenvalue weighted by atomic mass is 32.2. The van der Waals surface area contributed by atoms with E-state index >= 15 is 0 Å². The molecular formula is C13H10F4N2O3S. The number of alkyl halides is 3. The zero-order valence-electron chi connectivity index (χ0n) is 11.5. The number of nitrogen functional groups attached to an aromatic ring is 1. The van der Waals surface area contributed by atoms with Gasteiger partial charge < -0.3 is 15.3 Å². The molecule has 124 valence electrons. The summed E-state index contributed by atoms with van der Waals surface area (Å²) in [5, 5.41) is 7.21. The van der Waals surface area contributed by atoms with Crippen molar-refractivity contribution in [3.05, 3.63) is 35.1 Å². The molecule has 0 bridgehead atoms. The van der Waals surface area contributed by atoms with Gasteiger partial charge in [0.2, 0.25) is 0 Å². The fourth-order valence-electron chi connectivity index (χ4n) is 2.03. The second-order valence-corrected chi connectivity index (χ2v) is 6.14. The second-order valence-electron chi connectivity index (χ2n) is 4.61. The van der Waals surface area contributed by atoms with Crippen molar-refractivity contribution in [2.24, 2.45) is 0 Å². The molecule has 0 saturated heterocycles. The molecule has 0 aliphatic heterocycles. The van der Waals surface area contributed by atoms with Crippen molar-refractivity contribution >= 4 is 32.8 Å². The summed E-state index contributed by atoms with van der Waals surface area (Å²) in [6, 6.07) is 3.56. The lowest BCUT2D eigenvalue weighted by Crippen LogP contribution is -2.28. The summed E-state index contributed by atoms with van der Waals surface area (Å²) in [6.07, 6.45) is 0.542. The minimum Gasteiger partial charge on any atom is -0.398 e. The van der Waals surface area contributed by atoms with E-state index in [-0.39, 0.29) is 27.6 Å². The molecule has 0 atom stereocenters. The van der Waals surface area contributed by atoms with Crippen LogP contribution in [-0.2, 0) is 10.1 Å². The van der Waals surface area contributed by atoms with Gasteiger partial charge in [0.25, 0.3) is 0 Å². The first kappa shape index (κ1) is 17.0. The number of anilines is 1. The van der Waals surface area contributed by atoms with Crippen molar-refractivity contribution in [1.82, 2.24) is 0 Å². The average Bonchev–Trinajstić information content (AvgIpc) is 2.41. The summed E-state index contributed by atoms with van der Waals surface area (Å²) < 4.78 is 78.1. The van der Waals surface area contributed by atoms with E-state index < -0.39 is 27.2 Å². The molecule has 0 unspecified atom stereocenters. The van der Waals surface area contributed by atoms with Crippen molar-refractivity contribution in [2.45, 2.75) is 12.4 Å². The van der Waals surface area contributed by atoms with E-state index in [9.17, 15) is 26.0 Å². The molecule has 23 heavy (non-hydrogen) atoms. The van der Waals surface area contributed by atoms with Crippen molar-refractivity contribution in [1.29, 1.82) is 5.41 Å². The summed E-state index contributed by atoms with van der Waals surface area (Å²) >= 11 is 0. The number of benzene rings is 2. The first-order valence-electron chi connectivity index (χ1n) is 6.02. The second kappa shape index (κ2) is 5.37. The maximum Gasteiger partial charge on any atom is 0.534 e. The summed E-state index contributed by atoms with van der Waals surface area (Å²) in [5.41, 5.74) is -0.755. The molecule has 5 nitrogen and oxygen atoms in total. The number of hydrogen-bond acceptors (Lipinski definition) is 5. The van der Waals surface area contributed by atoms with E-state index in [2.05, 4.69) is 4.18 Å². The third-order valence-corrected chi connectivity index (χ3v) is 4.10. The van der Waals surface area contributed by atoms with Crippen LogP contribution >= 0.6 is 0 Å². The molecule has 0 heterocycles. The molecule has 2 aromatic carbocycles. The van der Waals surface area contributed by atoms with E-state index in [0.717, 1.165) is 6.07 Å². The van der Waals surface area contributed by atoms with Crippen LogP contribution in [0.1, 0.15) is 11.1 Å². The van der Waals surface area contributed by atoms with Gasteiger partial charge in [-0.3, -0.25) is 0 Å². The minimum absolute atomic E-state index is 0.127. The summed E-state index contributed by atoms with van der Waals surface area (Å²) in [6.45, 7) is 1.24. The number of aryl methyl sites for hydroxylation is 1. The molecule has 0 spiro atoms. The number of nitrogens with two attached hydrogens (primary N) is 1. The Balaban J connectivity index is 2.90. The fourth-order valence-corrected chi connectivity index (χ4v) is 2.52. The number of nitrogens with one attached hydrogen (secondary N) is 1. The summed E-state index contributed by atoms with van der Waals surface area (Å²) in [7, 11) is -6.00. The number of rotatable bonds is 3. The van der Waals surface area contributed by atoms with Crippen LogP contribution in [0.25, 0.3) is 10.8 Å². The Morgan fingerprint density at radius 1 is 1.30 bits per heavy atom. The summed E-state index contributed by atoms with van der Waals surface area (Å²) in [5.74, 6) is -1.60. The minimum atomic E-state index is -6.00. The molecular weight excluding hydrogens is 340 g/mol. The molecule has 0 aliphatic rings.